The minimum Gasteiger partial charge on any atom is -0.383 e. The number of halogens is 2. The average molecular weight is 362 g/mol. The summed E-state index contributed by atoms with van der Waals surface area (Å²) in [7, 11) is 0. The van der Waals surface area contributed by atoms with Gasteiger partial charge in [0.15, 0.2) is 5.82 Å². The molecule has 0 bridgehead atoms. The van der Waals surface area contributed by atoms with Crippen LogP contribution in [-0.4, -0.2) is 41.2 Å². The Balaban J connectivity index is 1.69. The van der Waals surface area contributed by atoms with Crippen LogP contribution in [0.4, 0.5) is 14.6 Å². The molecule has 4 rings (SSSR count). The van der Waals surface area contributed by atoms with Gasteiger partial charge >= 0.3 is 0 Å². The lowest BCUT2D eigenvalue weighted by molar-refractivity contribution is 0.0346. The zero-order valence-corrected chi connectivity index (χ0v) is 14.2. The van der Waals surface area contributed by atoms with E-state index in [4.69, 9.17) is 10.5 Å². The Morgan fingerprint density at radius 1 is 1.08 bits per heavy atom. The topological polar surface area (TPSA) is 64.3 Å². The number of nitrogens with zero attached hydrogens (tertiary/aromatic N) is 3. The molecule has 1 aliphatic heterocycles. The third-order valence-corrected chi connectivity index (χ3v) is 5.09. The van der Waals surface area contributed by atoms with Gasteiger partial charge in [-0.2, -0.15) is 0 Å². The van der Waals surface area contributed by atoms with Crippen LogP contribution in [0.25, 0.3) is 21.6 Å². The van der Waals surface area contributed by atoms with Crippen LogP contribution in [-0.2, 0) is 11.3 Å². The van der Waals surface area contributed by atoms with Gasteiger partial charge < -0.3 is 10.5 Å². The van der Waals surface area contributed by atoms with E-state index in [0.29, 0.717) is 5.82 Å². The Hall–Kier alpha value is -2.16. The number of morpholine rings is 1. The molecule has 5 nitrogen and oxygen atoms in total. The molecule has 1 aromatic carbocycles. The van der Waals surface area contributed by atoms with Gasteiger partial charge in [-0.1, -0.05) is 0 Å². The highest BCUT2D eigenvalue weighted by molar-refractivity contribution is 7.18. The molecule has 8 heteroatoms. The minimum atomic E-state index is -0.670. The first-order valence-corrected chi connectivity index (χ1v) is 8.72. The smallest absolute Gasteiger partial charge is 0.163 e. The van der Waals surface area contributed by atoms with E-state index in [0.717, 1.165) is 54.0 Å². The maximum atomic E-state index is 13.5. The van der Waals surface area contributed by atoms with Crippen molar-refractivity contribution in [3.63, 3.8) is 0 Å². The number of nitrogen functional groups attached to an aromatic ring is 1. The van der Waals surface area contributed by atoms with Crippen molar-refractivity contribution in [2.45, 2.75) is 6.54 Å². The van der Waals surface area contributed by atoms with E-state index in [9.17, 15) is 8.78 Å². The quantitative estimate of drug-likeness (QED) is 0.776. The molecule has 0 atom stereocenters. The molecule has 1 saturated heterocycles. The second-order valence-corrected chi connectivity index (χ2v) is 7.03. The molecule has 1 aliphatic rings. The average Bonchev–Trinajstić information content (AvgIpc) is 2.98. The van der Waals surface area contributed by atoms with Crippen molar-refractivity contribution in [1.82, 2.24) is 14.9 Å². The maximum Gasteiger partial charge on any atom is 0.163 e. The predicted molar refractivity (Wildman–Crippen MR) is 93.3 cm³/mol. The Morgan fingerprint density at radius 3 is 2.52 bits per heavy atom. The number of nitrogens with two attached hydrogens (primary N) is 1. The van der Waals surface area contributed by atoms with E-state index in [1.807, 2.05) is 6.07 Å². The molecule has 3 aromatic rings. The van der Waals surface area contributed by atoms with E-state index in [2.05, 4.69) is 14.9 Å². The molecule has 25 heavy (non-hydrogen) atoms. The fourth-order valence-corrected chi connectivity index (χ4v) is 3.94. The number of rotatable bonds is 3. The van der Waals surface area contributed by atoms with E-state index in [-0.39, 0.29) is 11.4 Å². The summed E-state index contributed by atoms with van der Waals surface area (Å²) in [4.78, 5) is 12.8. The summed E-state index contributed by atoms with van der Waals surface area (Å²) in [5.74, 6) is -0.801. The number of anilines is 1. The standard InChI is InChI=1S/C17H16F2N4OS/c18-11-5-10(6-12(19)7-11)16-21-15(20)14-8-13(25-17(14)22-16)9-23-1-3-24-4-2-23/h5-8H,1-4,9H2,(H2,20,21,22). The van der Waals surface area contributed by atoms with E-state index in [1.54, 1.807) is 0 Å². The second-order valence-electron chi connectivity index (χ2n) is 5.91. The van der Waals surface area contributed by atoms with Gasteiger partial charge in [-0.15, -0.1) is 11.3 Å². The van der Waals surface area contributed by atoms with Crippen LogP contribution in [0.3, 0.4) is 0 Å². The molecule has 0 amide bonds. The normalized spacial score (nSPS) is 15.8. The molecule has 0 saturated carbocycles. The molecule has 0 aliphatic carbocycles. The van der Waals surface area contributed by atoms with Crippen molar-refractivity contribution in [1.29, 1.82) is 0 Å². The van der Waals surface area contributed by atoms with Gasteiger partial charge in [0, 0.05) is 36.1 Å². The molecule has 2 N–H and O–H groups in total. The van der Waals surface area contributed by atoms with Gasteiger partial charge in [-0.3, -0.25) is 4.90 Å². The van der Waals surface area contributed by atoms with Crippen molar-refractivity contribution < 1.29 is 13.5 Å². The number of hydrogen-bond acceptors (Lipinski definition) is 6. The van der Waals surface area contributed by atoms with E-state index < -0.39 is 11.6 Å². The fourth-order valence-electron chi connectivity index (χ4n) is 2.86. The summed E-state index contributed by atoms with van der Waals surface area (Å²) in [5, 5.41) is 0.772. The Morgan fingerprint density at radius 2 is 1.80 bits per heavy atom. The third-order valence-electron chi connectivity index (χ3n) is 4.08. The van der Waals surface area contributed by atoms with E-state index >= 15 is 0 Å². The Kier molecular flexibility index (Phi) is 4.32. The summed E-state index contributed by atoms with van der Waals surface area (Å²) in [6.07, 6.45) is 0. The third kappa shape index (κ3) is 3.46. The van der Waals surface area contributed by atoms with Crippen LogP contribution in [0.2, 0.25) is 0 Å². The lowest BCUT2D eigenvalue weighted by atomic mass is 10.2. The number of hydrogen-bond donors (Lipinski definition) is 1. The molecule has 1 fully saturated rings. The van der Waals surface area contributed by atoms with Crippen molar-refractivity contribution in [3.05, 3.63) is 40.8 Å². The van der Waals surface area contributed by atoms with Crippen molar-refractivity contribution in [2.24, 2.45) is 0 Å². The SMILES string of the molecule is Nc1nc(-c2cc(F)cc(F)c2)nc2sc(CN3CCOCC3)cc12. The molecule has 2 aromatic heterocycles. The van der Waals surface area contributed by atoms with Crippen molar-refractivity contribution in [3.8, 4) is 11.4 Å². The minimum absolute atomic E-state index is 0.225. The highest BCUT2D eigenvalue weighted by Crippen LogP contribution is 2.31. The molecular formula is C17H16F2N4OS. The van der Waals surface area contributed by atoms with Crippen LogP contribution < -0.4 is 5.73 Å². The maximum absolute atomic E-state index is 13.5. The number of ether oxygens (including phenoxy) is 1. The van der Waals surface area contributed by atoms with Gasteiger partial charge in [0.05, 0.1) is 18.6 Å². The Labute approximate surface area is 147 Å². The van der Waals surface area contributed by atoms with Crippen LogP contribution in [0.1, 0.15) is 4.88 Å². The zero-order chi connectivity index (χ0) is 17.4. The van der Waals surface area contributed by atoms with Gasteiger partial charge in [0.25, 0.3) is 0 Å². The van der Waals surface area contributed by atoms with Gasteiger partial charge in [-0.05, 0) is 18.2 Å². The first kappa shape index (κ1) is 16.3. The van der Waals surface area contributed by atoms with Crippen LogP contribution >= 0.6 is 11.3 Å². The molecule has 0 radical (unpaired) electrons. The zero-order valence-electron chi connectivity index (χ0n) is 13.3. The van der Waals surface area contributed by atoms with Gasteiger partial charge in [0.2, 0.25) is 0 Å². The first-order valence-electron chi connectivity index (χ1n) is 7.91. The molecular weight excluding hydrogens is 346 g/mol. The van der Waals surface area contributed by atoms with Crippen LogP contribution in [0.15, 0.2) is 24.3 Å². The number of benzene rings is 1. The highest BCUT2D eigenvalue weighted by atomic mass is 32.1. The summed E-state index contributed by atoms with van der Waals surface area (Å²) >= 11 is 1.52. The summed E-state index contributed by atoms with van der Waals surface area (Å²) < 4.78 is 32.3. The first-order chi connectivity index (χ1) is 12.1. The van der Waals surface area contributed by atoms with Crippen LogP contribution in [0.5, 0.6) is 0 Å². The fraction of sp³-hybridized carbons (Fsp3) is 0.294. The molecule has 0 spiro atoms. The Bertz CT molecular complexity index is 904. The molecule has 0 unspecified atom stereocenters. The van der Waals surface area contributed by atoms with Crippen molar-refractivity contribution in [2.75, 3.05) is 32.0 Å². The summed E-state index contributed by atoms with van der Waals surface area (Å²) in [5.41, 5.74) is 6.32. The van der Waals surface area contributed by atoms with Gasteiger partial charge in [-0.25, -0.2) is 18.7 Å². The predicted octanol–water partition coefficient (Wildman–Crippen LogP) is 3.05. The lowest BCUT2D eigenvalue weighted by Gasteiger charge is -2.25. The largest absolute Gasteiger partial charge is 0.383 e. The second kappa shape index (κ2) is 6.62. The van der Waals surface area contributed by atoms with Crippen LogP contribution in [0, 0.1) is 11.6 Å². The number of fused-ring (bicyclic) bond motifs is 1. The summed E-state index contributed by atoms with van der Waals surface area (Å²) in [6, 6.07) is 5.20. The van der Waals surface area contributed by atoms with Gasteiger partial charge in [0.1, 0.15) is 22.3 Å². The number of aromatic nitrogens is 2. The van der Waals surface area contributed by atoms with Crippen molar-refractivity contribution >= 4 is 27.4 Å². The number of thiophene rings is 1. The monoisotopic (exact) mass is 362 g/mol. The molecule has 130 valence electrons. The molecule has 3 heterocycles. The highest BCUT2D eigenvalue weighted by Gasteiger charge is 2.16. The van der Waals surface area contributed by atoms with E-state index in [1.165, 1.54) is 23.5 Å². The lowest BCUT2D eigenvalue weighted by Crippen LogP contribution is -2.35. The summed E-state index contributed by atoms with van der Waals surface area (Å²) in [6.45, 7) is 4.06.